The highest BCUT2D eigenvalue weighted by molar-refractivity contribution is 7.12. The minimum atomic E-state index is 0.493. The topological polar surface area (TPSA) is 30.7 Å². The number of benzene rings is 1. The van der Waals surface area contributed by atoms with Crippen molar-refractivity contribution in [2.24, 2.45) is 0 Å². The molecular weight excluding hydrogens is 290 g/mol. The van der Waals surface area contributed by atoms with Crippen molar-refractivity contribution in [3.63, 3.8) is 0 Å². The molecule has 4 heteroatoms. The molecule has 22 heavy (non-hydrogen) atoms. The van der Waals surface area contributed by atoms with Gasteiger partial charge >= 0.3 is 0 Å². The number of aromatic nitrogens is 3. The Balaban J connectivity index is 1.63. The van der Waals surface area contributed by atoms with E-state index in [4.69, 9.17) is 0 Å². The van der Waals surface area contributed by atoms with Gasteiger partial charge in [0.2, 0.25) is 0 Å². The minimum Gasteiger partial charge on any atom is -0.248 e. The predicted octanol–water partition coefficient (Wildman–Crippen LogP) is 4.30. The molecule has 2 heterocycles. The van der Waals surface area contributed by atoms with E-state index in [2.05, 4.69) is 66.8 Å². The largest absolute Gasteiger partial charge is 0.248 e. The average molecular weight is 311 g/mol. The van der Waals surface area contributed by atoms with Crippen LogP contribution in [0.15, 0.2) is 48.7 Å². The molecule has 3 nitrogen and oxygen atoms in total. The first-order chi connectivity index (χ1) is 10.7. The predicted molar refractivity (Wildman–Crippen MR) is 91.4 cm³/mol. The van der Waals surface area contributed by atoms with Crippen molar-refractivity contribution in [2.75, 3.05) is 0 Å². The molecule has 0 fully saturated rings. The van der Waals surface area contributed by atoms with Crippen molar-refractivity contribution >= 4 is 11.3 Å². The van der Waals surface area contributed by atoms with Gasteiger partial charge in [0.25, 0.3) is 0 Å². The highest BCUT2D eigenvalue weighted by Gasteiger charge is 2.12. The summed E-state index contributed by atoms with van der Waals surface area (Å²) in [6.45, 7) is 5.25. The Labute approximate surface area is 135 Å². The van der Waals surface area contributed by atoms with Crippen LogP contribution in [-0.4, -0.2) is 15.0 Å². The Morgan fingerprint density at radius 3 is 2.68 bits per heavy atom. The van der Waals surface area contributed by atoms with E-state index < -0.39 is 0 Å². The summed E-state index contributed by atoms with van der Waals surface area (Å²) >= 11 is 1.91. The van der Waals surface area contributed by atoms with Crippen molar-refractivity contribution in [3.8, 4) is 0 Å². The van der Waals surface area contributed by atoms with Gasteiger partial charge in [0.05, 0.1) is 12.2 Å². The van der Waals surface area contributed by atoms with Crippen LogP contribution in [0.2, 0.25) is 0 Å². The first kappa shape index (κ1) is 15.0. The molecule has 0 aliphatic carbocycles. The van der Waals surface area contributed by atoms with Crippen molar-refractivity contribution in [3.05, 3.63) is 69.7 Å². The average Bonchev–Trinajstić information content (AvgIpc) is 3.17. The standard InChI is InChI=1S/C18H21N3S/c1-3-17-9-10-18(22-17)14(2)11-16-13-21(20-19-16)12-15-7-5-4-6-8-15/h4-10,13-14H,3,11-12H2,1-2H3. The number of hydrogen-bond acceptors (Lipinski definition) is 3. The molecule has 0 bridgehead atoms. The van der Waals surface area contributed by atoms with Gasteiger partial charge in [0, 0.05) is 22.4 Å². The monoisotopic (exact) mass is 311 g/mol. The molecule has 3 aromatic rings. The van der Waals surface area contributed by atoms with E-state index in [1.165, 1.54) is 15.3 Å². The first-order valence-electron chi connectivity index (χ1n) is 7.76. The fourth-order valence-corrected chi connectivity index (χ4v) is 3.55. The van der Waals surface area contributed by atoms with Crippen LogP contribution < -0.4 is 0 Å². The summed E-state index contributed by atoms with van der Waals surface area (Å²) in [5, 5.41) is 8.57. The van der Waals surface area contributed by atoms with Gasteiger partial charge in [-0.3, -0.25) is 0 Å². The molecular formula is C18H21N3S. The first-order valence-corrected chi connectivity index (χ1v) is 8.57. The Morgan fingerprint density at radius 1 is 1.14 bits per heavy atom. The molecule has 0 amide bonds. The summed E-state index contributed by atoms with van der Waals surface area (Å²) in [7, 11) is 0. The summed E-state index contributed by atoms with van der Waals surface area (Å²) in [6.07, 6.45) is 4.13. The van der Waals surface area contributed by atoms with Gasteiger partial charge in [-0.15, -0.1) is 16.4 Å². The van der Waals surface area contributed by atoms with Crippen molar-refractivity contribution in [1.82, 2.24) is 15.0 Å². The molecule has 0 spiro atoms. The summed E-state index contributed by atoms with van der Waals surface area (Å²) < 4.78 is 1.92. The van der Waals surface area contributed by atoms with E-state index >= 15 is 0 Å². The van der Waals surface area contributed by atoms with Gasteiger partial charge in [-0.1, -0.05) is 49.4 Å². The quantitative estimate of drug-likeness (QED) is 0.679. The van der Waals surface area contributed by atoms with E-state index in [9.17, 15) is 0 Å². The van der Waals surface area contributed by atoms with Crippen LogP contribution in [-0.2, 0) is 19.4 Å². The van der Waals surface area contributed by atoms with Crippen LogP contribution in [0.1, 0.15) is 40.8 Å². The van der Waals surface area contributed by atoms with E-state index in [-0.39, 0.29) is 0 Å². The second kappa shape index (κ2) is 6.88. The van der Waals surface area contributed by atoms with Gasteiger partial charge in [-0.25, -0.2) is 4.68 Å². The molecule has 1 aromatic carbocycles. The second-order valence-electron chi connectivity index (χ2n) is 5.66. The zero-order chi connectivity index (χ0) is 15.4. The molecule has 0 N–H and O–H groups in total. The Bertz CT molecular complexity index is 715. The fraction of sp³-hybridized carbons (Fsp3) is 0.333. The smallest absolute Gasteiger partial charge is 0.0833 e. The number of thiophene rings is 1. The zero-order valence-corrected chi connectivity index (χ0v) is 13.9. The van der Waals surface area contributed by atoms with Gasteiger partial charge in [-0.2, -0.15) is 0 Å². The van der Waals surface area contributed by atoms with Gasteiger partial charge in [0.15, 0.2) is 0 Å². The Morgan fingerprint density at radius 2 is 1.95 bits per heavy atom. The minimum absolute atomic E-state index is 0.493. The molecule has 0 saturated heterocycles. The van der Waals surface area contributed by atoms with Gasteiger partial charge in [-0.05, 0) is 30.0 Å². The lowest BCUT2D eigenvalue weighted by Gasteiger charge is -2.06. The molecule has 3 rings (SSSR count). The van der Waals surface area contributed by atoms with E-state index in [0.717, 1.165) is 25.1 Å². The maximum absolute atomic E-state index is 4.32. The van der Waals surface area contributed by atoms with E-state index in [1.54, 1.807) is 0 Å². The lowest BCUT2D eigenvalue weighted by Crippen LogP contribution is -2.00. The van der Waals surface area contributed by atoms with Crippen molar-refractivity contribution < 1.29 is 0 Å². The molecule has 0 aliphatic heterocycles. The van der Waals surface area contributed by atoms with Crippen molar-refractivity contribution in [2.45, 2.75) is 39.2 Å². The zero-order valence-electron chi connectivity index (χ0n) is 13.1. The van der Waals surface area contributed by atoms with Gasteiger partial charge < -0.3 is 0 Å². The number of hydrogen-bond donors (Lipinski definition) is 0. The maximum Gasteiger partial charge on any atom is 0.0833 e. The SMILES string of the molecule is CCc1ccc(C(C)Cc2cn(Cc3ccccc3)nn2)s1. The lowest BCUT2D eigenvalue weighted by molar-refractivity contribution is 0.648. The third-order valence-electron chi connectivity index (χ3n) is 3.81. The third kappa shape index (κ3) is 3.63. The van der Waals surface area contributed by atoms with Gasteiger partial charge in [0.1, 0.15) is 0 Å². The second-order valence-corrected chi connectivity index (χ2v) is 6.86. The van der Waals surface area contributed by atoms with Crippen LogP contribution in [0.5, 0.6) is 0 Å². The lowest BCUT2D eigenvalue weighted by atomic mass is 10.0. The number of nitrogens with zero attached hydrogens (tertiary/aromatic N) is 3. The molecule has 0 aliphatic rings. The molecule has 114 valence electrons. The summed E-state index contributed by atoms with van der Waals surface area (Å²) in [6, 6.07) is 14.9. The molecule has 1 unspecified atom stereocenters. The summed E-state index contributed by atoms with van der Waals surface area (Å²) in [4.78, 5) is 2.89. The fourth-order valence-electron chi connectivity index (χ4n) is 2.54. The normalized spacial score (nSPS) is 12.5. The molecule has 0 radical (unpaired) electrons. The summed E-state index contributed by atoms with van der Waals surface area (Å²) in [5.41, 5.74) is 2.31. The molecule has 1 atom stereocenters. The van der Waals surface area contributed by atoms with Crippen LogP contribution in [0.25, 0.3) is 0 Å². The maximum atomic E-state index is 4.32. The number of rotatable bonds is 6. The summed E-state index contributed by atoms with van der Waals surface area (Å²) in [5.74, 6) is 0.493. The highest BCUT2D eigenvalue weighted by Crippen LogP contribution is 2.27. The molecule has 2 aromatic heterocycles. The van der Waals surface area contributed by atoms with Crippen LogP contribution in [0.3, 0.4) is 0 Å². The highest BCUT2D eigenvalue weighted by atomic mass is 32.1. The number of aryl methyl sites for hydroxylation is 1. The van der Waals surface area contributed by atoms with E-state index in [0.29, 0.717) is 5.92 Å². The van der Waals surface area contributed by atoms with E-state index in [1.807, 2.05) is 22.1 Å². The third-order valence-corrected chi connectivity index (χ3v) is 5.27. The van der Waals surface area contributed by atoms with Crippen molar-refractivity contribution in [1.29, 1.82) is 0 Å². The Kier molecular flexibility index (Phi) is 4.68. The van der Waals surface area contributed by atoms with Crippen LogP contribution >= 0.6 is 11.3 Å². The Hall–Kier alpha value is -1.94. The van der Waals surface area contributed by atoms with Crippen LogP contribution in [0.4, 0.5) is 0 Å². The van der Waals surface area contributed by atoms with Crippen LogP contribution in [0, 0.1) is 0 Å². The molecule has 0 saturated carbocycles.